The van der Waals surface area contributed by atoms with Gasteiger partial charge in [0.05, 0.1) is 4.90 Å². The second-order valence-electron chi connectivity index (χ2n) is 5.14. The SMILES string of the molecule is Cc1cc(S(N)(=O)=O)cc(NC(=O)CCc2ccsc2)c1C. The molecule has 0 saturated carbocycles. The Morgan fingerprint density at radius 2 is 2.05 bits per heavy atom. The lowest BCUT2D eigenvalue weighted by Gasteiger charge is -2.12. The molecule has 0 unspecified atom stereocenters. The van der Waals surface area contributed by atoms with E-state index in [2.05, 4.69) is 5.32 Å². The maximum atomic E-state index is 12.0. The van der Waals surface area contributed by atoms with E-state index < -0.39 is 10.0 Å². The highest BCUT2D eigenvalue weighted by Gasteiger charge is 2.14. The van der Waals surface area contributed by atoms with Crippen LogP contribution in [0.2, 0.25) is 0 Å². The third kappa shape index (κ3) is 4.16. The Bertz CT molecular complexity index is 781. The highest BCUT2D eigenvalue weighted by molar-refractivity contribution is 7.89. The maximum Gasteiger partial charge on any atom is 0.238 e. The summed E-state index contributed by atoms with van der Waals surface area (Å²) in [6.07, 6.45) is 0.997. The van der Waals surface area contributed by atoms with Gasteiger partial charge in [-0.15, -0.1) is 0 Å². The maximum absolute atomic E-state index is 12.0. The van der Waals surface area contributed by atoms with E-state index >= 15 is 0 Å². The van der Waals surface area contributed by atoms with E-state index in [1.54, 1.807) is 18.3 Å². The van der Waals surface area contributed by atoms with Gasteiger partial charge in [0.1, 0.15) is 0 Å². The van der Waals surface area contributed by atoms with Crippen LogP contribution < -0.4 is 10.5 Å². The number of benzene rings is 1. The monoisotopic (exact) mass is 338 g/mol. The first-order valence-corrected chi connectivity index (χ1v) is 9.21. The second-order valence-corrected chi connectivity index (χ2v) is 7.48. The lowest BCUT2D eigenvalue weighted by Crippen LogP contribution is -2.16. The third-order valence-electron chi connectivity index (χ3n) is 3.46. The van der Waals surface area contributed by atoms with Crippen LogP contribution in [0.4, 0.5) is 5.69 Å². The Morgan fingerprint density at radius 3 is 2.64 bits per heavy atom. The van der Waals surface area contributed by atoms with Crippen molar-refractivity contribution in [3.05, 3.63) is 45.6 Å². The highest BCUT2D eigenvalue weighted by Crippen LogP contribution is 2.23. The van der Waals surface area contributed by atoms with E-state index in [1.807, 2.05) is 23.8 Å². The number of hydrogen-bond acceptors (Lipinski definition) is 4. The molecule has 0 radical (unpaired) electrons. The lowest BCUT2D eigenvalue weighted by molar-refractivity contribution is -0.116. The molecule has 0 atom stereocenters. The van der Waals surface area contributed by atoms with Gasteiger partial charge in [-0.1, -0.05) is 0 Å². The highest BCUT2D eigenvalue weighted by atomic mass is 32.2. The summed E-state index contributed by atoms with van der Waals surface area (Å²) >= 11 is 1.59. The summed E-state index contributed by atoms with van der Waals surface area (Å²) < 4.78 is 23.0. The van der Waals surface area contributed by atoms with Crippen molar-refractivity contribution >= 4 is 33.0 Å². The number of nitrogens with one attached hydrogen (secondary N) is 1. The molecule has 1 amide bonds. The minimum absolute atomic E-state index is 0.00346. The molecule has 2 rings (SSSR count). The van der Waals surface area contributed by atoms with Crippen molar-refractivity contribution in [1.29, 1.82) is 0 Å². The Morgan fingerprint density at radius 1 is 1.32 bits per heavy atom. The molecular weight excluding hydrogens is 320 g/mol. The lowest BCUT2D eigenvalue weighted by atomic mass is 10.1. The van der Waals surface area contributed by atoms with Crippen molar-refractivity contribution in [3.63, 3.8) is 0 Å². The van der Waals surface area contributed by atoms with Crippen LogP contribution in [0.15, 0.2) is 33.9 Å². The molecule has 0 bridgehead atoms. The van der Waals surface area contributed by atoms with Crippen molar-refractivity contribution in [2.75, 3.05) is 5.32 Å². The summed E-state index contributed by atoms with van der Waals surface area (Å²) in [4.78, 5) is 12.0. The van der Waals surface area contributed by atoms with E-state index in [-0.39, 0.29) is 10.8 Å². The van der Waals surface area contributed by atoms with Crippen LogP contribution in [0.25, 0.3) is 0 Å². The average Bonchev–Trinajstić information content (AvgIpc) is 2.93. The molecule has 2 aromatic rings. The Labute approximate surface area is 134 Å². The van der Waals surface area contributed by atoms with Crippen molar-refractivity contribution in [2.45, 2.75) is 31.6 Å². The van der Waals surface area contributed by atoms with Crippen molar-refractivity contribution in [2.24, 2.45) is 5.14 Å². The van der Waals surface area contributed by atoms with E-state index in [0.29, 0.717) is 18.5 Å². The standard InChI is InChI=1S/C15H18N2O3S2/c1-10-7-13(22(16,19)20)8-14(11(10)2)17-15(18)4-3-12-5-6-21-9-12/h5-9H,3-4H2,1-2H3,(H,17,18)(H2,16,19,20). The molecule has 0 spiro atoms. The second kappa shape index (κ2) is 6.60. The average molecular weight is 338 g/mol. The van der Waals surface area contributed by atoms with Gasteiger partial charge in [-0.2, -0.15) is 11.3 Å². The first-order valence-electron chi connectivity index (χ1n) is 6.72. The fraction of sp³-hybridized carbons (Fsp3) is 0.267. The minimum atomic E-state index is -3.80. The predicted octanol–water partition coefficient (Wildman–Crippen LogP) is 2.58. The predicted molar refractivity (Wildman–Crippen MR) is 88.6 cm³/mol. The fourth-order valence-corrected chi connectivity index (χ4v) is 3.35. The number of rotatable bonds is 5. The Kier molecular flexibility index (Phi) is 5.00. The van der Waals surface area contributed by atoms with Gasteiger partial charge in [-0.05, 0) is 65.9 Å². The van der Waals surface area contributed by atoms with Gasteiger partial charge < -0.3 is 5.32 Å². The molecule has 0 saturated heterocycles. The quantitative estimate of drug-likeness (QED) is 0.878. The summed E-state index contributed by atoms with van der Waals surface area (Å²) in [5.41, 5.74) is 3.20. The van der Waals surface area contributed by atoms with Crippen molar-refractivity contribution in [1.82, 2.24) is 0 Å². The number of primary sulfonamides is 1. The van der Waals surface area contributed by atoms with E-state index in [0.717, 1.165) is 16.7 Å². The zero-order valence-electron chi connectivity index (χ0n) is 12.4. The van der Waals surface area contributed by atoms with Crippen LogP contribution >= 0.6 is 11.3 Å². The van der Waals surface area contributed by atoms with Gasteiger partial charge in [0.2, 0.25) is 15.9 Å². The molecular formula is C15H18N2O3S2. The van der Waals surface area contributed by atoms with Crippen LogP contribution in [-0.4, -0.2) is 14.3 Å². The van der Waals surface area contributed by atoms with Gasteiger partial charge in [0.15, 0.2) is 0 Å². The number of sulfonamides is 1. The molecule has 5 nitrogen and oxygen atoms in total. The summed E-state index contributed by atoms with van der Waals surface area (Å²) in [6, 6.07) is 4.89. The topological polar surface area (TPSA) is 89.3 Å². The molecule has 7 heteroatoms. The number of anilines is 1. The van der Waals surface area contributed by atoms with Gasteiger partial charge in [0, 0.05) is 12.1 Å². The molecule has 22 heavy (non-hydrogen) atoms. The first kappa shape index (κ1) is 16.7. The molecule has 0 aliphatic carbocycles. The number of carbonyl (C=O) groups excluding carboxylic acids is 1. The van der Waals surface area contributed by atoms with E-state index in [1.165, 1.54) is 12.1 Å². The largest absolute Gasteiger partial charge is 0.326 e. The number of nitrogens with two attached hydrogens (primary N) is 1. The molecule has 3 N–H and O–H groups in total. The summed E-state index contributed by atoms with van der Waals surface area (Å²) in [5.74, 6) is -0.153. The first-order chi connectivity index (χ1) is 10.3. The van der Waals surface area contributed by atoms with Gasteiger partial charge in [-0.25, -0.2) is 13.6 Å². The zero-order chi connectivity index (χ0) is 16.3. The van der Waals surface area contributed by atoms with E-state index in [4.69, 9.17) is 5.14 Å². The number of amides is 1. The van der Waals surface area contributed by atoms with Gasteiger partial charge in [0.25, 0.3) is 0 Å². The number of carbonyl (C=O) groups is 1. The molecule has 0 aliphatic heterocycles. The third-order valence-corrected chi connectivity index (χ3v) is 5.09. The molecule has 0 aliphatic rings. The smallest absolute Gasteiger partial charge is 0.238 e. The summed E-state index contributed by atoms with van der Waals surface area (Å²) in [5, 5.41) is 11.9. The van der Waals surface area contributed by atoms with Gasteiger partial charge >= 0.3 is 0 Å². The van der Waals surface area contributed by atoms with Crippen molar-refractivity contribution < 1.29 is 13.2 Å². The molecule has 1 heterocycles. The van der Waals surface area contributed by atoms with Gasteiger partial charge in [-0.3, -0.25) is 4.79 Å². The van der Waals surface area contributed by atoms with Crippen LogP contribution in [0, 0.1) is 13.8 Å². The summed E-state index contributed by atoms with van der Waals surface area (Å²) in [6.45, 7) is 3.61. The van der Waals surface area contributed by atoms with Crippen molar-refractivity contribution in [3.8, 4) is 0 Å². The zero-order valence-corrected chi connectivity index (χ0v) is 14.1. The van der Waals surface area contributed by atoms with Crippen LogP contribution in [0.5, 0.6) is 0 Å². The number of aryl methyl sites for hydroxylation is 2. The molecule has 0 fully saturated rings. The minimum Gasteiger partial charge on any atom is -0.326 e. The molecule has 118 valence electrons. The Hall–Kier alpha value is -1.70. The number of thiophene rings is 1. The molecule has 1 aromatic carbocycles. The fourth-order valence-electron chi connectivity index (χ4n) is 2.03. The normalized spacial score (nSPS) is 11.4. The number of hydrogen-bond donors (Lipinski definition) is 2. The van der Waals surface area contributed by atoms with Crippen LogP contribution in [0.1, 0.15) is 23.1 Å². The van der Waals surface area contributed by atoms with Crippen LogP contribution in [0.3, 0.4) is 0 Å². The van der Waals surface area contributed by atoms with Crippen LogP contribution in [-0.2, 0) is 21.2 Å². The Balaban J connectivity index is 2.14. The van der Waals surface area contributed by atoms with E-state index in [9.17, 15) is 13.2 Å². The molecule has 1 aromatic heterocycles. The summed E-state index contributed by atoms with van der Waals surface area (Å²) in [7, 11) is -3.80.